The Balaban J connectivity index is 1.99. The van der Waals surface area contributed by atoms with Crippen molar-refractivity contribution in [3.05, 3.63) is 59.7 Å². The Kier molecular flexibility index (Phi) is 6.55. The number of rotatable bonds is 8. The van der Waals surface area contributed by atoms with E-state index in [-0.39, 0.29) is 17.2 Å². The Bertz CT molecular complexity index is 817. The molecule has 1 amide bonds. The van der Waals surface area contributed by atoms with Crippen molar-refractivity contribution in [2.45, 2.75) is 18.2 Å². The molecule has 2 aromatic carbocycles. The van der Waals surface area contributed by atoms with Crippen molar-refractivity contribution >= 4 is 21.6 Å². The lowest BCUT2D eigenvalue weighted by molar-refractivity contribution is -0.120. The van der Waals surface area contributed by atoms with E-state index >= 15 is 0 Å². The number of nitrogens with one attached hydrogen (secondary N) is 2. The third-order valence-corrected chi connectivity index (χ3v) is 4.88. The van der Waals surface area contributed by atoms with E-state index in [1.807, 2.05) is 13.0 Å². The second-order valence-electron chi connectivity index (χ2n) is 5.64. The highest BCUT2D eigenvalue weighted by atomic mass is 32.2. The molecule has 6 nitrogen and oxygen atoms in total. The number of hydrogen-bond donors (Lipinski definition) is 2. The molecule has 0 aromatic heterocycles. The van der Waals surface area contributed by atoms with Gasteiger partial charge in [-0.1, -0.05) is 24.3 Å². The average molecular weight is 362 g/mol. The SMILES string of the molecule is COCCNC(=O)Cc1ccc(NS(=O)(=O)c2cccc(C)c2)cc1. The minimum Gasteiger partial charge on any atom is -0.383 e. The zero-order valence-electron chi connectivity index (χ0n) is 14.3. The first-order valence-corrected chi connectivity index (χ1v) is 9.33. The Morgan fingerprint density at radius 3 is 2.48 bits per heavy atom. The Labute approximate surface area is 148 Å². The molecule has 0 heterocycles. The number of benzene rings is 2. The fourth-order valence-corrected chi connectivity index (χ4v) is 3.39. The Morgan fingerprint density at radius 1 is 1.12 bits per heavy atom. The number of amides is 1. The zero-order valence-corrected chi connectivity index (χ0v) is 15.1. The normalized spacial score (nSPS) is 11.1. The molecule has 2 aromatic rings. The second kappa shape index (κ2) is 8.64. The van der Waals surface area contributed by atoms with Crippen molar-refractivity contribution in [1.29, 1.82) is 0 Å². The van der Waals surface area contributed by atoms with Crippen LogP contribution in [0.3, 0.4) is 0 Å². The first-order valence-electron chi connectivity index (χ1n) is 7.85. The maximum Gasteiger partial charge on any atom is 0.261 e. The monoisotopic (exact) mass is 362 g/mol. The van der Waals surface area contributed by atoms with Crippen molar-refractivity contribution < 1.29 is 17.9 Å². The molecule has 0 atom stereocenters. The molecule has 0 fully saturated rings. The molecular formula is C18H22N2O4S. The van der Waals surface area contributed by atoms with Crippen LogP contribution in [0.2, 0.25) is 0 Å². The maximum atomic E-state index is 12.4. The molecule has 2 rings (SSSR count). The van der Waals surface area contributed by atoms with Crippen molar-refractivity contribution in [2.75, 3.05) is 25.0 Å². The van der Waals surface area contributed by atoms with Crippen LogP contribution in [0.5, 0.6) is 0 Å². The van der Waals surface area contributed by atoms with Crippen LogP contribution >= 0.6 is 0 Å². The molecule has 0 bridgehead atoms. The predicted octanol–water partition coefficient (Wildman–Crippen LogP) is 2.10. The van der Waals surface area contributed by atoms with Gasteiger partial charge in [-0.25, -0.2) is 8.42 Å². The molecule has 2 N–H and O–H groups in total. The Hall–Kier alpha value is -2.38. The molecule has 0 saturated heterocycles. The number of anilines is 1. The molecular weight excluding hydrogens is 340 g/mol. The molecule has 0 spiro atoms. The van der Waals surface area contributed by atoms with E-state index in [2.05, 4.69) is 10.0 Å². The van der Waals surface area contributed by atoms with Gasteiger partial charge < -0.3 is 10.1 Å². The summed E-state index contributed by atoms with van der Waals surface area (Å²) in [5, 5.41) is 2.74. The number of carbonyl (C=O) groups is 1. The predicted molar refractivity (Wildman–Crippen MR) is 97.0 cm³/mol. The number of sulfonamides is 1. The van der Waals surface area contributed by atoms with Crippen LogP contribution in [0.1, 0.15) is 11.1 Å². The molecule has 134 valence electrons. The quantitative estimate of drug-likeness (QED) is 0.705. The highest BCUT2D eigenvalue weighted by molar-refractivity contribution is 7.92. The number of aryl methyl sites for hydroxylation is 1. The lowest BCUT2D eigenvalue weighted by Crippen LogP contribution is -2.28. The van der Waals surface area contributed by atoms with Crippen LogP contribution in [0.4, 0.5) is 5.69 Å². The minimum absolute atomic E-state index is 0.106. The van der Waals surface area contributed by atoms with Gasteiger partial charge in [0.2, 0.25) is 5.91 Å². The van der Waals surface area contributed by atoms with Gasteiger partial charge in [0, 0.05) is 19.3 Å². The molecule has 0 saturated carbocycles. The van der Waals surface area contributed by atoms with Crippen molar-refractivity contribution in [1.82, 2.24) is 5.32 Å². The van der Waals surface area contributed by atoms with Crippen molar-refractivity contribution in [2.24, 2.45) is 0 Å². The summed E-state index contributed by atoms with van der Waals surface area (Å²) in [5.41, 5.74) is 2.12. The van der Waals surface area contributed by atoms with Gasteiger partial charge in [0.15, 0.2) is 0 Å². The summed E-state index contributed by atoms with van der Waals surface area (Å²) in [5.74, 6) is -0.106. The maximum absolute atomic E-state index is 12.4. The van der Waals surface area contributed by atoms with E-state index in [0.717, 1.165) is 11.1 Å². The number of carbonyl (C=O) groups excluding carboxylic acids is 1. The van der Waals surface area contributed by atoms with E-state index in [1.54, 1.807) is 49.6 Å². The molecule has 0 radical (unpaired) electrons. The van der Waals surface area contributed by atoms with Gasteiger partial charge >= 0.3 is 0 Å². The first-order chi connectivity index (χ1) is 11.9. The van der Waals surface area contributed by atoms with Crippen molar-refractivity contribution in [3.8, 4) is 0 Å². The molecule has 25 heavy (non-hydrogen) atoms. The van der Waals surface area contributed by atoms with E-state index in [1.165, 1.54) is 0 Å². The van der Waals surface area contributed by atoms with E-state index in [0.29, 0.717) is 18.8 Å². The number of ether oxygens (including phenoxy) is 1. The second-order valence-corrected chi connectivity index (χ2v) is 7.32. The zero-order chi connectivity index (χ0) is 18.3. The first kappa shape index (κ1) is 19.0. The summed E-state index contributed by atoms with van der Waals surface area (Å²) >= 11 is 0. The van der Waals surface area contributed by atoms with Gasteiger partial charge in [-0.2, -0.15) is 0 Å². The number of methoxy groups -OCH3 is 1. The molecule has 0 aliphatic heterocycles. The average Bonchev–Trinajstić information content (AvgIpc) is 2.57. The van der Waals surface area contributed by atoms with Crippen LogP contribution in [0.15, 0.2) is 53.4 Å². The third-order valence-electron chi connectivity index (χ3n) is 3.50. The standard InChI is InChI=1S/C18H22N2O4S/c1-14-4-3-5-17(12-14)25(22,23)20-16-8-6-15(7-9-16)13-18(21)19-10-11-24-2/h3-9,12,20H,10-11,13H2,1-2H3,(H,19,21). The minimum atomic E-state index is -3.63. The number of hydrogen-bond acceptors (Lipinski definition) is 4. The Morgan fingerprint density at radius 2 is 1.84 bits per heavy atom. The molecule has 0 aliphatic carbocycles. The van der Waals surface area contributed by atoms with Crippen LogP contribution in [-0.4, -0.2) is 34.6 Å². The van der Waals surface area contributed by atoms with Crippen LogP contribution in [0.25, 0.3) is 0 Å². The van der Waals surface area contributed by atoms with Crippen LogP contribution in [-0.2, 0) is 26.0 Å². The summed E-state index contributed by atoms with van der Waals surface area (Å²) in [6, 6.07) is 13.4. The van der Waals surface area contributed by atoms with Gasteiger partial charge in [0.05, 0.1) is 17.9 Å². The van der Waals surface area contributed by atoms with Crippen LogP contribution in [0, 0.1) is 6.92 Å². The van der Waals surface area contributed by atoms with E-state index < -0.39 is 10.0 Å². The fourth-order valence-electron chi connectivity index (χ4n) is 2.23. The van der Waals surface area contributed by atoms with E-state index in [9.17, 15) is 13.2 Å². The highest BCUT2D eigenvalue weighted by Gasteiger charge is 2.14. The topological polar surface area (TPSA) is 84.5 Å². The summed E-state index contributed by atoms with van der Waals surface area (Å²) in [7, 11) is -2.06. The van der Waals surface area contributed by atoms with E-state index in [4.69, 9.17) is 4.74 Å². The summed E-state index contributed by atoms with van der Waals surface area (Å²) < 4.78 is 32.2. The van der Waals surface area contributed by atoms with Gasteiger partial charge in [0.25, 0.3) is 10.0 Å². The van der Waals surface area contributed by atoms with Crippen molar-refractivity contribution in [3.63, 3.8) is 0 Å². The molecule has 0 unspecified atom stereocenters. The molecule has 0 aliphatic rings. The summed E-state index contributed by atoms with van der Waals surface area (Å²) in [6.45, 7) is 2.76. The van der Waals surface area contributed by atoms with Crippen LogP contribution < -0.4 is 10.0 Å². The fraction of sp³-hybridized carbons (Fsp3) is 0.278. The smallest absolute Gasteiger partial charge is 0.261 e. The van der Waals surface area contributed by atoms with Gasteiger partial charge in [-0.15, -0.1) is 0 Å². The lowest BCUT2D eigenvalue weighted by atomic mass is 10.1. The lowest BCUT2D eigenvalue weighted by Gasteiger charge is -2.10. The third kappa shape index (κ3) is 5.88. The summed E-state index contributed by atoms with van der Waals surface area (Å²) in [6.07, 6.45) is 0.231. The van der Waals surface area contributed by atoms with Gasteiger partial charge in [-0.05, 0) is 42.3 Å². The largest absolute Gasteiger partial charge is 0.383 e. The summed E-state index contributed by atoms with van der Waals surface area (Å²) in [4.78, 5) is 12.0. The van der Waals surface area contributed by atoms with Gasteiger partial charge in [-0.3, -0.25) is 9.52 Å². The molecule has 7 heteroatoms. The van der Waals surface area contributed by atoms with Gasteiger partial charge in [0.1, 0.15) is 0 Å². The highest BCUT2D eigenvalue weighted by Crippen LogP contribution is 2.17.